The Morgan fingerprint density at radius 1 is 0.615 bits per heavy atom. The lowest BCUT2D eigenvalue weighted by atomic mass is 10.1. The molecule has 0 radical (unpaired) electrons. The van der Waals surface area contributed by atoms with E-state index in [0.717, 1.165) is 5.69 Å². The SMILES string of the molecule is CC(C)C(=O)CCOCCOCCOCCOCCOCCOCCOCCOCCn1cc(C(C)C)nn1. The molecule has 1 heterocycles. The molecule has 0 spiro atoms. The number of carbonyl (C=O) groups is 1. The summed E-state index contributed by atoms with van der Waals surface area (Å²) in [6.45, 7) is 16.8. The Hall–Kier alpha value is -1.51. The average Bonchev–Trinajstić information content (AvgIpc) is 3.40. The highest BCUT2D eigenvalue weighted by molar-refractivity contribution is 5.80. The lowest BCUT2D eigenvalue weighted by Crippen LogP contribution is -2.15. The Morgan fingerprint density at radius 3 is 1.31 bits per heavy atom. The van der Waals surface area contributed by atoms with Gasteiger partial charge < -0.3 is 37.9 Å². The van der Waals surface area contributed by atoms with Gasteiger partial charge in [-0.05, 0) is 5.92 Å². The van der Waals surface area contributed by atoms with E-state index < -0.39 is 0 Å². The van der Waals surface area contributed by atoms with E-state index in [1.807, 2.05) is 20.0 Å². The molecule has 39 heavy (non-hydrogen) atoms. The summed E-state index contributed by atoms with van der Waals surface area (Å²) in [5.41, 5.74) is 0.990. The van der Waals surface area contributed by atoms with Crippen LogP contribution in [0.2, 0.25) is 0 Å². The number of ketones is 1. The van der Waals surface area contributed by atoms with Crippen molar-refractivity contribution in [3.05, 3.63) is 11.9 Å². The highest BCUT2D eigenvalue weighted by atomic mass is 16.6. The summed E-state index contributed by atoms with van der Waals surface area (Å²) in [5, 5.41) is 8.20. The van der Waals surface area contributed by atoms with Gasteiger partial charge in [-0.1, -0.05) is 32.9 Å². The van der Waals surface area contributed by atoms with Crippen LogP contribution in [0.3, 0.4) is 0 Å². The van der Waals surface area contributed by atoms with E-state index in [1.165, 1.54) is 0 Å². The maximum atomic E-state index is 11.5. The van der Waals surface area contributed by atoms with Gasteiger partial charge in [0.2, 0.25) is 0 Å². The normalized spacial score (nSPS) is 11.7. The molecule has 0 aliphatic heterocycles. The molecular formula is C27H51N3O9. The summed E-state index contributed by atoms with van der Waals surface area (Å²) < 4.78 is 45.5. The van der Waals surface area contributed by atoms with Gasteiger partial charge in [0.15, 0.2) is 0 Å². The molecule has 0 N–H and O–H groups in total. The molecule has 0 saturated carbocycles. The van der Waals surface area contributed by atoms with Gasteiger partial charge in [0.05, 0.1) is 118 Å². The fourth-order valence-corrected chi connectivity index (χ4v) is 2.95. The van der Waals surface area contributed by atoms with Crippen LogP contribution >= 0.6 is 0 Å². The lowest BCUT2D eigenvalue weighted by molar-refractivity contribution is -0.123. The zero-order valence-electron chi connectivity index (χ0n) is 24.5. The molecule has 12 nitrogen and oxygen atoms in total. The second-order valence-corrected chi connectivity index (χ2v) is 9.33. The fourth-order valence-electron chi connectivity index (χ4n) is 2.95. The van der Waals surface area contributed by atoms with Crippen molar-refractivity contribution in [3.63, 3.8) is 0 Å². The molecular weight excluding hydrogens is 510 g/mol. The van der Waals surface area contributed by atoms with Gasteiger partial charge >= 0.3 is 0 Å². The molecule has 0 fully saturated rings. The van der Waals surface area contributed by atoms with Crippen molar-refractivity contribution in [2.24, 2.45) is 5.92 Å². The number of hydrogen-bond donors (Lipinski definition) is 0. The standard InChI is InChI=1S/C27H51N3O9/c1-24(2)26-23-30(29-28-26)6-8-33-10-12-35-14-16-37-18-20-39-22-21-38-19-17-36-15-13-34-11-9-32-7-5-27(31)25(3)4/h23-25H,5-22H2,1-4H3. The van der Waals surface area contributed by atoms with Crippen LogP contribution in [0.4, 0.5) is 0 Å². The Bertz CT molecular complexity index is 689. The molecule has 0 aliphatic carbocycles. The number of rotatable bonds is 29. The van der Waals surface area contributed by atoms with E-state index in [9.17, 15) is 4.79 Å². The maximum Gasteiger partial charge on any atom is 0.137 e. The minimum absolute atomic E-state index is 0.0637. The molecule has 228 valence electrons. The maximum absolute atomic E-state index is 11.5. The van der Waals surface area contributed by atoms with Crippen LogP contribution in [0.5, 0.6) is 0 Å². The van der Waals surface area contributed by atoms with Crippen LogP contribution in [-0.2, 0) is 49.2 Å². The van der Waals surface area contributed by atoms with Gasteiger partial charge in [0.1, 0.15) is 5.78 Å². The van der Waals surface area contributed by atoms with Gasteiger partial charge in [-0.3, -0.25) is 4.79 Å². The van der Waals surface area contributed by atoms with Gasteiger partial charge in [-0.15, -0.1) is 5.10 Å². The molecule has 0 atom stereocenters. The Balaban J connectivity index is 1.68. The molecule has 1 rings (SSSR count). The number of carbonyl (C=O) groups excluding carboxylic acids is 1. The van der Waals surface area contributed by atoms with Crippen molar-refractivity contribution in [1.82, 2.24) is 15.0 Å². The van der Waals surface area contributed by atoms with Crippen LogP contribution in [0, 0.1) is 5.92 Å². The molecule has 1 aromatic rings. The Morgan fingerprint density at radius 2 is 0.974 bits per heavy atom. The largest absolute Gasteiger partial charge is 0.379 e. The third kappa shape index (κ3) is 21.9. The molecule has 0 aromatic carbocycles. The minimum atomic E-state index is 0.0637. The molecule has 0 unspecified atom stereocenters. The third-order valence-electron chi connectivity index (χ3n) is 5.35. The van der Waals surface area contributed by atoms with Gasteiger partial charge in [0, 0.05) is 18.5 Å². The first-order valence-electron chi connectivity index (χ1n) is 14.0. The van der Waals surface area contributed by atoms with E-state index in [1.54, 1.807) is 4.68 Å². The van der Waals surface area contributed by atoms with Crippen molar-refractivity contribution in [3.8, 4) is 0 Å². The van der Waals surface area contributed by atoms with Gasteiger partial charge in [-0.2, -0.15) is 0 Å². The first kappa shape index (κ1) is 35.5. The third-order valence-corrected chi connectivity index (χ3v) is 5.35. The van der Waals surface area contributed by atoms with Crippen molar-refractivity contribution in [2.75, 3.05) is 106 Å². The topological polar surface area (TPSA) is 122 Å². The van der Waals surface area contributed by atoms with E-state index in [2.05, 4.69) is 24.2 Å². The predicted molar refractivity (Wildman–Crippen MR) is 145 cm³/mol. The fraction of sp³-hybridized carbons (Fsp3) is 0.889. The van der Waals surface area contributed by atoms with E-state index in [0.29, 0.717) is 125 Å². The average molecular weight is 562 g/mol. The highest BCUT2D eigenvalue weighted by Crippen LogP contribution is 2.08. The quantitative estimate of drug-likeness (QED) is 0.134. The number of aromatic nitrogens is 3. The molecule has 12 heteroatoms. The van der Waals surface area contributed by atoms with E-state index >= 15 is 0 Å². The van der Waals surface area contributed by atoms with Gasteiger partial charge in [0.25, 0.3) is 0 Å². The van der Waals surface area contributed by atoms with Gasteiger partial charge in [-0.25, -0.2) is 4.68 Å². The van der Waals surface area contributed by atoms with Crippen LogP contribution in [0.1, 0.15) is 45.7 Å². The van der Waals surface area contributed by atoms with Crippen LogP contribution in [0.25, 0.3) is 0 Å². The lowest BCUT2D eigenvalue weighted by Gasteiger charge is -2.09. The molecule has 0 bridgehead atoms. The second-order valence-electron chi connectivity index (χ2n) is 9.33. The van der Waals surface area contributed by atoms with Crippen molar-refractivity contribution in [2.45, 2.75) is 46.6 Å². The van der Waals surface area contributed by atoms with Crippen molar-refractivity contribution >= 4 is 5.78 Å². The molecule has 0 saturated heterocycles. The number of nitrogens with zero attached hydrogens (tertiary/aromatic N) is 3. The van der Waals surface area contributed by atoms with Crippen LogP contribution in [0.15, 0.2) is 6.20 Å². The summed E-state index contributed by atoms with van der Waals surface area (Å²) in [6, 6.07) is 0. The Labute approximate surface area is 233 Å². The summed E-state index contributed by atoms with van der Waals surface area (Å²) in [4.78, 5) is 11.5. The van der Waals surface area contributed by atoms with Crippen molar-refractivity contribution in [1.29, 1.82) is 0 Å². The molecule has 1 aromatic heterocycles. The second kappa shape index (κ2) is 25.5. The summed E-state index contributed by atoms with van der Waals surface area (Å²) in [5.74, 6) is 0.662. The first-order chi connectivity index (χ1) is 19.0. The minimum Gasteiger partial charge on any atom is -0.379 e. The monoisotopic (exact) mass is 561 g/mol. The summed E-state index contributed by atoms with van der Waals surface area (Å²) in [7, 11) is 0. The molecule has 0 amide bonds. The van der Waals surface area contributed by atoms with E-state index in [-0.39, 0.29) is 11.7 Å². The smallest absolute Gasteiger partial charge is 0.137 e. The van der Waals surface area contributed by atoms with E-state index in [4.69, 9.17) is 37.9 Å². The number of hydrogen-bond acceptors (Lipinski definition) is 11. The number of ether oxygens (including phenoxy) is 8. The first-order valence-corrected chi connectivity index (χ1v) is 14.0. The van der Waals surface area contributed by atoms with Crippen LogP contribution < -0.4 is 0 Å². The zero-order chi connectivity index (χ0) is 28.4. The summed E-state index contributed by atoms with van der Waals surface area (Å²) >= 11 is 0. The summed E-state index contributed by atoms with van der Waals surface area (Å²) in [6.07, 6.45) is 2.41. The van der Waals surface area contributed by atoms with Crippen molar-refractivity contribution < 1.29 is 42.7 Å². The zero-order valence-corrected chi connectivity index (χ0v) is 24.5. The highest BCUT2D eigenvalue weighted by Gasteiger charge is 2.06. The molecule has 0 aliphatic rings. The Kier molecular flexibility index (Phi) is 23.2. The predicted octanol–water partition coefficient (Wildman–Crippen LogP) is 2.15. The van der Waals surface area contributed by atoms with Crippen LogP contribution in [-0.4, -0.2) is 126 Å². The number of Topliss-reactive ketones (excluding diaryl/α,β-unsaturated/α-hetero) is 1.